The summed E-state index contributed by atoms with van der Waals surface area (Å²) in [5.41, 5.74) is 1.63. The summed E-state index contributed by atoms with van der Waals surface area (Å²) in [5, 5.41) is 4.14. The van der Waals surface area contributed by atoms with Gasteiger partial charge in [0.2, 0.25) is 10.0 Å². The third-order valence-electron chi connectivity index (χ3n) is 4.90. The van der Waals surface area contributed by atoms with Crippen LogP contribution < -0.4 is 9.62 Å². The van der Waals surface area contributed by atoms with E-state index in [2.05, 4.69) is 24.7 Å². The fourth-order valence-corrected chi connectivity index (χ4v) is 4.40. The number of benzene rings is 1. The van der Waals surface area contributed by atoms with E-state index >= 15 is 0 Å². The van der Waals surface area contributed by atoms with E-state index < -0.39 is 10.0 Å². The minimum atomic E-state index is -3.67. The summed E-state index contributed by atoms with van der Waals surface area (Å²) in [7, 11) is -3.67. The highest BCUT2D eigenvalue weighted by Crippen LogP contribution is 2.19. The second kappa shape index (κ2) is 8.30. The zero-order valence-corrected chi connectivity index (χ0v) is 17.1. The smallest absolute Gasteiger partial charge is 0.240 e. The van der Waals surface area contributed by atoms with Crippen LogP contribution in [0, 0.1) is 6.92 Å². The van der Waals surface area contributed by atoms with Crippen molar-refractivity contribution in [3.63, 3.8) is 0 Å². The number of rotatable bonds is 6. The molecule has 0 amide bonds. The third-order valence-corrected chi connectivity index (χ3v) is 6.32. The number of piperidine rings is 1. The van der Waals surface area contributed by atoms with Crippen molar-refractivity contribution in [1.29, 1.82) is 0 Å². The molecule has 1 aromatic carbocycles. The van der Waals surface area contributed by atoms with E-state index in [1.807, 2.05) is 19.1 Å². The molecule has 8 nitrogen and oxygen atoms in total. The van der Waals surface area contributed by atoms with Crippen LogP contribution in [-0.4, -0.2) is 41.3 Å². The summed E-state index contributed by atoms with van der Waals surface area (Å²) in [5.74, 6) is 1.34. The highest BCUT2D eigenvalue weighted by Gasteiger charge is 2.17. The number of nitrogens with one attached hydrogen (secondary N) is 1. The molecule has 2 aromatic heterocycles. The second-order valence-electron chi connectivity index (χ2n) is 7.10. The molecule has 0 unspecified atom stereocenters. The standard InChI is InChI=1S/C20H24N6O2S/c1-16-14-20(25-11-3-2-4-12-25)24-19(23-16)15-22-29(27,28)18-8-6-17(7-9-18)26-13-5-10-21-26/h5-10,13-14,22H,2-4,11-12,15H2,1H3. The second-order valence-corrected chi connectivity index (χ2v) is 8.87. The van der Waals surface area contributed by atoms with Crippen LogP contribution in [0.25, 0.3) is 5.69 Å². The lowest BCUT2D eigenvalue weighted by molar-refractivity contribution is 0.569. The predicted octanol–water partition coefficient (Wildman–Crippen LogP) is 2.44. The van der Waals surface area contributed by atoms with Crippen LogP contribution in [-0.2, 0) is 16.6 Å². The molecule has 1 fully saturated rings. The van der Waals surface area contributed by atoms with Gasteiger partial charge in [0.1, 0.15) is 11.6 Å². The van der Waals surface area contributed by atoms with Gasteiger partial charge in [-0.15, -0.1) is 0 Å². The molecule has 1 aliphatic heterocycles. The summed E-state index contributed by atoms with van der Waals surface area (Å²) in [6, 6.07) is 10.3. The van der Waals surface area contributed by atoms with Crippen molar-refractivity contribution in [1.82, 2.24) is 24.5 Å². The Balaban J connectivity index is 1.47. The molecule has 1 aliphatic rings. The van der Waals surface area contributed by atoms with E-state index in [-0.39, 0.29) is 11.4 Å². The monoisotopic (exact) mass is 412 g/mol. The first kappa shape index (κ1) is 19.5. The average molecular weight is 413 g/mol. The quantitative estimate of drug-likeness (QED) is 0.668. The zero-order chi connectivity index (χ0) is 20.3. The molecule has 4 rings (SSSR count). The van der Waals surface area contributed by atoms with Gasteiger partial charge in [0.05, 0.1) is 17.1 Å². The largest absolute Gasteiger partial charge is 0.357 e. The highest BCUT2D eigenvalue weighted by atomic mass is 32.2. The molecule has 0 bridgehead atoms. The zero-order valence-electron chi connectivity index (χ0n) is 16.3. The van der Waals surface area contributed by atoms with Crippen molar-refractivity contribution in [2.24, 2.45) is 0 Å². The van der Waals surface area contributed by atoms with E-state index in [1.165, 1.54) is 6.42 Å². The highest BCUT2D eigenvalue weighted by molar-refractivity contribution is 7.89. The summed E-state index contributed by atoms with van der Waals surface area (Å²) in [6.07, 6.45) is 7.02. The SMILES string of the molecule is Cc1cc(N2CCCCC2)nc(CNS(=O)(=O)c2ccc(-n3cccn3)cc2)n1. The Labute approximate surface area is 170 Å². The van der Waals surface area contributed by atoms with Gasteiger partial charge in [-0.3, -0.25) is 0 Å². The normalized spacial score (nSPS) is 14.9. The molecule has 1 N–H and O–H groups in total. The number of nitrogens with zero attached hydrogens (tertiary/aromatic N) is 5. The van der Waals surface area contributed by atoms with Gasteiger partial charge in [0.15, 0.2) is 0 Å². The van der Waals surface area contributed by atoms with Crippen molar-refractivity contribution in [2.75, 3.05) is 18.0 Å². The van der Waals surface area contributed by atoms with E-state index in [0.29, 0.717) is 5.82 Å². The first-order valence-corrected chi connectivity index (χ1v) is 11.2. The number of anilines is 1. The van der Waals surface area contributed by atoms with E-state index in [9.17, 15) is 8.42 Å². The lowest BCUT2D eigenvalue weighted by Crippen LogP contribution is -2.31. The fraction of sp³-hybridized carbons (Fsp3) is 0.350. The van der Waals surface area contributed by atoms with Crippen LogP contribution in [0.2, 0.25) is 0 Å². The number of hydrogen-bond donors (Lipinski definition) is 1. The van der Waals surface area contributed by atoms with Crippen LogP contribution in [0.15, 0.2) is 53.7 Å². The van der Waals surface area contributed by atoms with Crippen LogP contribution in [0.4, 0.5) is 5.82 Å². The molecule has 0 spiro atoms. The number of sulfonamides is 1. The minimum Gasteiger partial charge on any atom is -0.357 e. The maximum atomic E-state index is 12.7. The molecule has 3 aromatic rings. The van der Waals surface area contributed by atoms with E-state index in [0.717, 1.165) is 43.1 Å². The van der Waals surface area contributed by atoms with Gasteiger partial charge in [-0.05, 0) is 56.5 Å². The Morgan fingerprint density at radius 3 is 2.52 bits per heavy atom. The van der Waals surface area contributed by atoms with Crippen molar-refractivity contribution >= 4 is 15.8 Å². The first-order chi connectivity index (χ1) is 14.0. The minimum absolute atomic E-state index is 0.0474. The lowest BCUT2D eigenvalue weighted by atomic mass is 10.1. The third kappa shape index (κ3) is 4.63. The van der Waals surface area contributed by atoms with Gasteiger partial charge in [-0.25, -0.2) is 27.8 Å². The average Bonchev–Trinajstić information content (AvgIpc) is 3.28. The Morgan fingerprint density at radius 1 is 1.07 bits per heavy atom. The molecule has 9 heteroatoms. The fourth-order valence-electron chi connectivity index (χ4n) is 3.42. The van der Waals surface area contributed by atoms with Gasteiger partial charge in [0, 0.05) is 37.2 Å². The van der Waals surface area contributed by atoms with Crippen LogP contribution in [0.1, 0.15) is 30.8 Å². The molecule has 0 aliphatic carbocycles. The molecular weight excluding hydrogens is 388 g/mol. The maximum absolute atomic E-state index is 12.7. The number of aryl methyl sites for hydroxylation is 1. The van der Waals surface area contributed by atoms with Gasteiger partial charge >= 0.3 is 0 Å². The first-order valence-electron chi connectivity index (χ1n) is 9.70. The van der Waals surface area contributed by atoms with E-state index in [4.69, 9.17) is 0 Å². The Kier molecular flexibility index (Phi) is 5.59. The predicted molar refractivity (Wildman–Crippen MR) is 110 cm³/mol. The Morgan fingerprint density at radius 2 is 1.83 bits per heavy atom. The maximum Gasteiger partial charge on any atom is 0.240 e. The molecule has 0 radical (unpaired) electrons. The van der Waals surface area contributed by atoms with Crippen molar-refractivity contribution in [2.45, 2.75) is 37.6 Å². The summed E-state index contributed by atoms with van der Waals surface area (Å²) in [4.78, 5) is 11.4. The molecule has 0 saturated carbocycles. The number of hydrogen-bond acceptors (Lipinski definition) is 6. The summed E-state index contributed by atoms with van der Waals surface area (Å²) < 4.78 is 29.6. The van der Waals surface area contributed by atoms with Crippen LogP contribution in [0.5, 0.6) is 0 Å². The van der Waals surface area contributed by atoms with E-state index in [1.54, 1.807) is 41.3 Å². The molecule has 1 saturated heterocycles. The van der Waals surface area contributed by atoms with Crippen LogP contribution in [0.3, 0.4) is 0 Å². The van der Waals surface area contributed by atoms with Crippen molar-refractivity contribution < 1.29 is 8.42 Å². The van der Waals surface area contributed by atoms with Gasteiger partial charge < -0.3 is 4.90 Å². The van der Waals surface area contributed by atoms with Gasteiger partial charge in [-0.2, -0.15) is 5.10 Å². The summed E-state index contributed by atoms with van der Waals surface area (Å²) in [6.45, 7) is 3.90. The topological polar surface area (TPSA) is 93.0 Å². The molecule has 29 heavy (non-hydrogen) atoms. The molecule has 152 valence electrons. The molecular formula is C20H24N6O2S. The van der Waals surface area contributed by atoms with Crippen LogP contribution >= 0.6 is 0 Å². The Hall–Kier alpha value is -2.78. The summed E-state index contributed by atoms with van der Waals surface area (Å²) >= 11 is 0. The van der Waals surface area contributed by atoms with Gasteiger partial charge in [-0.1, -0.05) is 0 Å². The van der Waals surface area contributed by atoms with Gasteiger partial charge in [0.25, 0.3) is 0 Å². The van der Waals surface area contributed by atoms with Crippen molar-refractivity contribution in [3.8, 4) is 5.69 Å². The molecule has 0 atom stereocenters. The van der Waals surface area contributed by atoms with Crippen molar-refractivity contribution in [3.05, 3.63) is 60.3 Å². The molecule has 3 heterocycles. The Bertz CT molecular complexity index is 1060. The lowest BCUT2D eigenvalue weighted by Gasteiger charge is -2.28. The number of aromatic nitrogens is 4.